The van der Waals surface area contributed by atoms with Crippen LogP contribution in [0.2, 0.25) is 0 Å². The number of aryl methyl sites for hydroxylation is 1. The molecule has 7 heteroatoms. The van der Waals surface area contributed by atoms with E-state index in [1.165, 1.54) is 12.1 Å². The highest BCUT2D eigenvalue weighted by molar-refractivity contribution is 7.10. The van der Waals surface area contributed by atoms with Gasteiger partial charge in [0.05, 0.1) is 5.69 Å². The van der Waals surface area contributed by atoms with Crippen molar-refractivity contribution in [2.24, 2.45) is 5.92 Å². The Morgan fingerprint density at radius 3 is 2.90 bits per heavy atom. The molecule has 3 aromatic rings. The summed E-state index contributed by atoms with van der Waals surface area (Å²) in [5.74, 6) is -0.163. The first-order valence-corrected chi connectivity index (χ1v) is 10.9. The average Bonchev–Trinajstić information content (AvgIpc) is 3.37. The third-order valence-corrected chi connectivity index (χ3v) is 7.20. The molecule has 0 saturated carbocycles. The van der Waals surface area contributed by atoms with Crippen LogP contribution in [0.1, 0.15) is 52.5 Å². The molecular formula is C22H21FN2O3S. The fourth-order valence-electron chi connectivity index (χ4n) is 4.57. The number of Topliss-reactive ketones (excluding diaryl/α,β-unsaturated/α-hetero) is 1. The lowest BCUT2D eigenvalue weighted by molar-refractivity contribution is -0.133. The van der Waals surface area contributed by atoms with E-state index in [0.29, 0.717) is 25.1 Å². The van der Waals surface area contributed by atoms with Crippen LogP contribution in [0.25, 0.3) is 11.0 Å². The number of amides is 1. The van der Waals surface area contributed by atoms with Gasteiger partial charge in [0.25, 0.3) is 0 Å². The normalized spacial score (nSPS) is 20.2. The van der Waals surface area contributed by atoms with Gasteiger partial charge in [0.1, 0.15) is 5.82 Å². The molecule has 1 fully saturated rings. The van der Waals surface area contributed by atoms with E-state index in [9.17, 15) is 14.0 Å². The number of thiophene rings is 1. The molecule has 1 unspecified atom stereocenters. The molecule has 1 amide bonds. The largest absolute Gasteiger partial charge is 0.356 e. The van der Waals surface area contributed by atoms with Gasteiger partial charge < -0.3 is 9.42 Å². The van der Waals surface area contributed by atoms with Gasteiger partial charge in [0.15, 0.2) is 11.4 Å². The number of hydrogen-bond donors (Lipinski definition) is 0. The van der Waals surface area contributed by atoms with Crippen LogP contribution in [-0.4, -0.2) is 34.8 Å². The highest BCUT2D eigenvalue weighted by Crippen LogP contribution is 2.34. The van der Waals surface area contributed by atoms with Crippen LogP contribution in [0.3, 0.4) is 0 Å². The standard InChI is InChI=1S/C22H21FN2O3S/c23-15-2-3-16-18(12-15)28-24-21(16)13-5-8-25(9-6-13)20(26)11-14-1-4-19-17(22(14)27)7-10-29-19/h2-3,7,10,12-14H,1,4-6,8-9,11H2. The average molecular weight is 412 g/mol. The van der Waals surface area contributed by atoms with Gasteiger partial charge >= 0.3 is 0 Å². The van der Waals surface area contributed by atoms with Crippen molar-refractivity contribution < 1.29 is 18.5 Å². The van der Waals surface area contributed by atoms with Crippen LogP contribution in [0.5, 0.6) is 0 Å². The van der Waals surface area contributed by atoms with Crippen LogP contribution in [0.4, 0.5) is 4.39 Å². The molecule has 29 heavy (non-hydrogen) atoms. The third-order valence-electron chi connectivity index (χ3n) is 6.22. The van der Waals surface area contributed by atoms with Crippen LogP contribution >= 0.6 is 11.3 Å². The molecule has 5 nitrogen and oxygen atoms in total. The van der Waals surface area contributed by atoms with Gasteiger partial charge in [-0.2, -0.15) is 0 Å². The first-order chi connectivity index (χ1) is 14.1. The Balaban J connectivity index is 1.21. The zero-order chi connectivity index (χ0) is 20.0. The lowest BCUT2D eigenvalue weighted by Gasteiger charge is -2.32. The Hall–Kier alpha value is -2.54. The molecule has 0 radical (unpaired) electrons. The topological polar surface area (TPSA) is 63.4 Å². The lowest BCUT2D eigenvalue weighted by atomic mass is 9.84. The smallest absolute Gasteiger partial charge is 0.223 e. The Morgan fingerprint density at radius 1 is 1.24 bits per heavy atom. The van der Waals surface area contributed by atoms with Crippen LogP contribution in [0, 0.1) is 11.7 Å². The number of piperidine rings is 1. The molecule has 1 saturated heterocycles. The molecule has 1 aliphatic heterocycles. The SMILES string of the molecule is O=C1c2ccsc2CCC1CC(=O)N1CCC(c2noc3cc(F)ccc23)CC1. The maximum absolute atomic E-state index is 13.4. The van der Waals surface area contributed by atoms with E-state index in [1.807, 2.05) is 16.3 Å². The number of likely N-dealkylation sites (tertiary alicyclic amines) is 1. The molecule has 0 bridgehead atoms. The molecule has 2 aliphatic rings. The van der Waals surface area contributed by atoms with Crippen molar-refractivity contribution in [3.05, 3.63) is 51.6 Å². The van der Waals surface area contributed by atoms with Crippen molar-refractivity contribution in [1.29, 1.82) is 0 Å². The molecular weight excluding hydrogens is 391 g/mol. The van der Waals surface area contributed by atoms with Crippen LogP contribution in [-0.2, 0) is 11.2 Å². The predicted molar refractivity (Wildman–Crippen MR) is 108 cm³/mol. The molecule has 1 aliphatic carbocycles. The molecule has 5 rings (SSSR count). The highest BCUT2D eigenvalue weighted by atomic mass is 32.1. The van der Waals surface area contributed by atoms with Gasteiger partial charge in [0, 0.05) is 53.2 Å². The summed E-state index contributed by atoms with van der Waals surface area (Å²) in [5.41, 5.74) is 2.12. The number of fused-ring (bicyclic) bond motifs is 2. The van der Waals surface area contributed by atoms with Gasteiger partial charge in [-0.3, -0.25) is 9.59 Å². The van der Waals surface area contributed by atoms with E-state index in [1.54, 1.807) is 17.4 Å². The van der Waals surface area contributed by atoms with Gasteiger partial charge in [-0.25, -0.2) is 4.39 Å². The summed E-state index contributed by atoms with van der Waals surface area (Å²) in [5, 5.41) is 6.96. The number of ketones is 1. The van der Waals surface area contributed by atoms with Crippen molar-refractivity contribution in [3.63, 3.8) is 0 Å². The van der Waals surface area contributed by atoms with Gasteiger partial charge in [-0.1, -0.05) is 5.16 Å². The summed E-state index contributed by atoms with van der Waals surface area (Å²) in [7, 11) is 0. The monoisotopic (exact) mass is 412 g/mol. The molecule has 2 aromatic heterocycles. The summed E-state index contributed by atoms with van der Waals surface area (Å²) in [6, 6.07) is 6.37. The van der Waals surface area contributed by atoms with Crippen molar-refractivity contribution in [2.45, 2.75) is 38.0 Å². The number of rotatable bonds is 3. The minimum atomic E-state index is -0.340. The number of hydrogen-bond acceptors (Lipinski definition) is 5. The maximum atomic E-state index is 13.4. The molecule has 150 valence electrons. The number of halogens is 1. The minimum absolute atomic E-state index is 0.0626. The number of carbonyl (C=O) groups is 2. The van der Waals surface area contributed by atoms with E-state index < -0.39 is 0 Å². The lowest BCUT2D eigenvalue weighted by Crippen LogP contribution is -2.40. The number of carbonyl (C=O) groups excluding carboxylic acids is 2. The van der Waals surface area contributed by atoms with Crippen molar-refractivity contribution >= 4 is 34.0 Å². The summed E-state index contributed by atoms with van der Waals surface area (Å²) in [6.07, 6.45) is 3.52. The van der Waals surface area contributed by atoms with Crippen LogP contribution in [0.15, 0.2) is 34.2 Å². The fourth-order valence-corrected chi connectivity index (χ4v) is 5.47. The second-order valence-corrected chi connectivity index (χ2v) is 8.93. The quantitative estimate of drug-likeness (QED) is 0.632. The number of aromatic nitrogens is 1. The molecule has 0 spiro atoms. The second kappa shape index (κ2) is 7.37. The Kier molecular flexibility index (Phi) is 4.70. The summed E-state index contributed by atoms with van der Waals surface area (Å²) < 4.78 is 18.6. The fraction of sp³-hybridized carbons (Fsp3) is 0.409. The van der Waals surface area contributed by atoms with E-state index in [0.717, 1.165) is 47.2 Å². The van der Waals surface area contributed by atoms with Crippen molar-refractivity contribution in [1.82, 2.24) is 10.1 Å². The Bertz CT molecular complexity index is 1080. The molecule has 0 N–H and O–H groups in total. The zero-order valence-corrected chi connectivity index (χ0v) is 16.7. The molecule has 1 aromatic carbocycles. The van der Waals surface area contributed by atoms with E-state index in [-0.39, 0.29) is 29.3 Å². The molecule has 3 heterocycles. The highest BCUT2D eigenvalue weighted by Gasteiger charge is 2.33. The van der Waals surface area contributed by atoms with Crippen molar-refractivity contribution in [2.75, 3.05) is 13.1 Å². The Labute approximate surface area is 171 Å². The minimum Gasteiger partial charge on any atom is -0.356 e. The van der Waals surface area contributed by atoms with Gasteiger partial charge in [-0.15, -0.1) is 11.3 Å². The Morgan fingerprint density at radius 2 is 2.07 bits per heavy atom. The van der Waals surface area contributed by atoms with E-state index in [2.05, 4.69) is 5.16 Å². The van der Waals surface area contributed by atoms with E-state index in [4.69, 9.17) is 4.52 Å². The van der Waals surface area contributed by atoms with E-state index >= 15 is 0 Å². The van der Waals surface area contributed by atoms with Crippen LogP contribution < -0.4 is 0 Å². The maximum Gasteiger partial charge on any atom is 0.223 e. The van der Waals surface area contributed by atoms with Gasteiger partial charge in [0.2, 0.25) is 5.91 Å². The summed E-state index contributed by atoms with van der Waals surface area (Å²) >= 11 is 1.63. The second-order valence-electron chi connectivity index (χ2n) is 7.92. The molecule has 1 atom stereocenters. The third kappa shape index (κ3) is 3.37. The first kappa shape index (κ1) is 18.5. The van der Waals surface area contributed by atoms with Crippen molar-refractivity contribution in [3.8, 4) is 0 Å². The number of nitrogens with zero attached hydrogens (tertiary/aromatic N) is 2. The predicted octanol–water partition coefficient (Wildman–Crippen LogP) is 4.57. The first-order valence-electron chi connectivity index (χ1n) is 10.0. The zero-order valence-electron chi connectivity index (χ0n) is 15.9. The van der Waals surface area contributed by atoms with Gasteiger partial charge in [-0.05, 0) is 49.3 Å². The number of benzene rings is 1. The summed E-state index contributed by atoms with van der Waals surface area (Å²) in [6.45, 7) is 1.29. The summed E-state index contributed by atoms with van der Waals surface area (Å²) in [4.78, 5) is 28.5.